The van der Waals surface area contributed by atoms with Gasteiger partial charge in [0.1, 0.15) is 0 Å². The van der Waals surface area contributed by atoms with Gasteiger partial charge in [0.2, 0.25) is 5.91 Å². The molecule has 0 aliphatic rings. The Morgan fingerprint density at radius 3 is 2.68 bits per heavy atom. The minimum atomic E-state index is -0.125. The number of nitrogens with zero attached hydrogens (tertiary/aromatic N) is 1. The zero-order chi connectivity index (χ0) is 17.9. The summed E-state index contributed by atoms with van der Waals surface area (Å²) in [6.07, 6.45) is 7.38. The van der Waals surface area contributed by atoms with Crippen molar-refractivity contribution in [3.63, 3.8) is 0 Å². The molecule has 1 heterocycles. The number of aromatic nitrogens is 1. The second-order valence-corrected chi connectivity index (χ2v) is 5.31. The standard InChI is InChI=1S/C20H24N2O3/c1-3-24-18-9-7-16(14-19(18)25-4-2)11-13-22-20(23)10-8-17-6-5-12-21-15-17/h5-10,12,14-15H,3-4,11,13H2,1-2H3,(H,22,23)/b10-8+. The minimum absolute atomic E-state index is 0.125. The number of carbonyl (C=O) groups excluding carboxylic acids is 1. The van der Waals surface area contributed by atoms with Crippen molar-refractivity contribution in [3.8, 4) is 11.5 Å². The summed E-state index contributed by atoms with van der Waals surface area (Å²) in [5.74, 6) is 1.36. The van der Waals surface area contributed by atoms with Crippen LogP contribution in [-0.4, -0.2) is 30.6 Å². The Kier molecular flexibility index (Phi) is 7.50. The Morgan fingerprint density at radius 1 is 1.16 bits per heavy atom. The van der Waals surface area contributed by atoms with Gasteiger partial charge in [0.15, 0.2) is 11.5 Å². The first-order chi connectivity index (χ1) is 12.2. The molecular weight excluding hydrogens is 316 g/mol. The largest absolute Gasteiger partial charge is 0.490 e. The zero-order valence-corrected chi connectivity index (χ0v) is 14.7. The number of rotatable bonds is 9. The number of benzene rings is 1. The molecule has 0 atom stereocenters. The minimum Gasteiger partial charge on any atom is -0.490 e. The van der Waals surface area contributed by atoms with Gasteiger partial charge in [-0.2, -0.15) is 0 Å². The highest BCUT2D eigenvalue weighted by Crippen LogP contribution is 2.28. The van der Waals surface area contributed by atoms with Crippen molar-refractivity contribution in [1.29, 1.82) is 0 Å². The van der Waals surface area contributed by atoms with Gasteiger partial charge in [-0.25, -0.2) is 0 Å². The summed E-state index contributed by atoms with van der Waals surface area (Å²) in [5, 5.41) is 2.87. The molecule has 1 N–H and O–H groups in total. The smallest absolute Gasteiger partial charge is 0.244 e. The Labute approximate surface area is 148 Å². The molecule has 25 heavy (non-hydrogen) atoms. The summed E-state index contributed by atoms with van der Waals surface area (Å²) in [6.45, 7) is 5.61. The first-order valence-electron chi connectivity index (χ1n) is 8.47. The highest BCUT2D eigenvalue weighted by atomic mass is 16.5. The molecule has 0 unspecified atom stereocenters. The average molecular weight is 340 g/mol. The topological polar surface area (TPSA) is 60.5 Å². The molecule has 5 heteroatoms. The molecule has 1 amide bonds. The van der Waals surface area contributed by atoms with Crippen LogP contribution in [0.5, 0.6) is 11.5 Å². The van der Waals surface area contributed by atoms with Gasteiger partial charge in [-0.05, 0) is 55.7 Å². The molecule has 2 rings (SSSR count). The lowest BCUT2D eigenvalue weighted by Gasteiger charge is -2.12. The third-order valence-electron chi connectivity index (χ3n) is 3.43. The van der Waals surface area contributed by atoms with Crippen LogP contribution in [0.2, 0.25) is 0 Å². The molecule has 0 saturated carbocycles. The second kappa shape index (κ2) is 10.1. The van der Waals surface area contributed by atoms with Crippen molar-refractivity contribution >= 4 is 12.0 Å². The molecule has 1 aromatic heterocycles. The van der Waals surface area contributed by atoms with Gasteiger partial charge in [-0.3, -0.25) is 9.78 Å². The molecule has 0 radical (unpaired) electrons. The fourth-order valence-corrected chi connectivity index (χ4v) is 2.29. The zero-order valence-electron chi connectivity index (χ0n) is 14.7. The highest BCUT2D eigenvalue weighted by molar-refractivity contribution is 5.91. The summed E-state index contributed by atoms with van der Waals surface area (Å²) < 4.78 is 11.2. The van der Waals surface area contributed by atoms with Gasteiger partial charge in [-0.1, -0.05) is 12.1 Å². The van der Waals surface area contributed by atoms with E-state index in [9.17, 15) is 4.79 Å². The van der Waals surface area contributed by atoms with E-state index in [0.29, 0.717) is 19.8 Å². The van der Waals surface area contributed by atoms with Crippen LogP contribution < -0.4 is 14.8 Å². The summed E-state index contributed by atoms with van der Waals surface area (Å²) in [6, 6.07) is 9.59. The molecule has 1 aromatic carbocycles. The predicted molar refractivity (Wildman–Crippen MR) is 98.8 cm³/mol. The van der Waals surface area contributed by atoms with Gasteiger partial charge < -0.3 is 14.8 Å². The second-order valence-electron chi connectivity index (χ2n) is 5.31. The summed E-state index contributed by atoms with van der Waals surface area (Å²) in [5.41, 5.74) is 1.98. The van der Waals surface area contributed by atoms with Crippen LogP contribution in [0.3, 0.4) is 0 Å². The maximum atomic E-state index is 11.9. The van der Waals surface area contributed by atoms with Crippen molar-refractivity contribution in [1.82, 2.24) is 10.3 Å². The summed E-state index contributed by atoms with van der Waals surface area (Å²) in [4.78, 5) is 15.9. The third kappa shape index (κ3) is 6.30. The normalized spacial score (nSPS) is 10.6. The first-order valence-corrected chi connectivity index (χ1v) is 8.47. The fourth-order valence-electron chi connectivity index (χ4n) is 2.29. The van der Waals surface area contributed by atoms with Crippen molar-refractivity contribution in [2.45, 2.75) is 20.3 Å². The Hall–Kier alpha value is -2.82. The van der Waals surface area contributed by atoms with Gasteiger partial charge in [-0.15, -0.1) is 0 Å². The number of nitrogens with one attached hydrogen (secondary N) is 1. The Morgan fingerprint density at radius 2 is 1.96 bits per heavy atom. The van der Waals surface area contributed by atoms with Crippen LogP contribution >= 0.6 is 0 Å². The molecule has 2 aromatic rings. The van der Waals surface area contributed by atoms with E-state index in [2.05, 4.69) is 10.3 Å². The third-order valence-corrected chi connectivity index (χ3v) is 3.43. The number of hydrogen-bond acceptors (Lipinski definition) is 4. The number of carbonyl (C=O) groups is 1. The molecule has 5 nitrogen and oxygen atoms in total. The van der Waals surface area contributed by atoms with Crippen LogP contribution in [-0.2, 0) is 11.2 Å². The number of hydrogen-bond donors (Lipinski definition) is 1. The molecule has 0 fully saturated rings. The predicted octanol–water partition coefficient (Wildman–Crippen LogP) is 3.25. The SMILES string of the molecule is CCOc1ccc(CCNC(=O)/C=C/c2cccnc2)cc1OCC. The maximum Gasteiger partial charge on any atom is 0.244 e. The number of pyridine rings is 1. The number of ether oxygens (including phenoxy) is 2. The Balaban J connectivity index is 1.85. The van der Waals surface area contributed by atoms with Gasteiger partial charge in [0.05, 0.1) is 13.2 Å². The monoisotopic (exact) mass is 340 g/mol. The van der Waals surface area contributed by atoms with Gasteiger partial charge in [0.25, 0.3) is 0 Å². The van der Waals surface area contributed by atoms with Crippen LogP contribution in [0.25, 0.3) is 6.08 Å². The van der Waals surface area contributed by atoms with Crippen molar-refractivity contribution in [3.05, 3.63) is 59.9 Å². The maximum absolute atomic E-state index is 11.9. The lowest BCUT2D eigenvalue weighted by molar-refractivity contribution is -0.116. The van der Waals surface area contributed by atoms with E-state index in [1.54, 1.807) is 18.5 Å². The molecule has 132 valence electrons. The van der Waals surface area contributed by atoms with Crippen molar-refractivity contribution in [2.75, 3.05) is 19.8 Å². The van der Waals surface area contributed by atoms with E-state index in [1.165, 1.54) is 6.08 Å². The van der Waals surface area contributed by atoms with E-state index in [0.717, 1.165) is 29.0 Å². The van der Waals surface area contributed by atoms with E-state index in [4.69, 9.17) is 9.47 Å². The molecule has 0 aliphatic heterocycles. The molecule has 0 bridgehead atoms. The van der Waals surface area contributed by atoms with Crippen LogP contribution in [0.15, 0.2) is 48.8 Å². The Bertz CT molecular complexity index is 699. The van der Waals surface area contributed by atoms with E-state index >= 15 is 0 Å². The van der Waals surface area contributed by atoms with E-state index in [-0.39, 0.29) is 5.91 Å². The van der Waals surface area contributed by atoms with Crippen molar-refractivity contribution in [2.24, 2.45) is 0 Å². The quantitative estimate of drug-likeness (QED) is 0.712. The lowest BCUT2D eigenvalue weighted by Crippen LogP contribution is -2.23. The van der Waals surface area contributed by atoms with Gasteiger partial charge >= 0.3 is 0 Å². The summed E-state index contributed by atoms with van der Waals surface area (Å²) in [7, 11) is 0. The summed E-state index contributed by atoms with van der Waals surface area (Å²) >= 11 is 0. The van der Waals surface area contributed by atoms with E-state index in [1.807, 2.05) is 44.2 Å². The molecule has 0 saturated heterocycles. The molecule has 0 spiro atoms. The fraction of sp³-hybridized carbons (Fsp3) is 0.300. The average Bonchev–Trinajstić information content (AvgIpc) is 2.63. The van der Waals surface area contributed by atoms with Crippen LogP contribution in [0, 0.1) is 0 Å². The van der Waals surface area contributed by atoms with E-state index < -0.39 is 0 Å². The number of amides is 1. The highest BCUT2D eigenvalue weighted by Gasteiger charge is 2.06. The lowest BCUT2D eigenvalue weighted by atomic mass is 10.1. The molecular formula is C20H24N2O3. The van der Waals surface area contributed by atoms with Crippen LogP contribution in [0.1, 0.15) is 25.0 Å². The van der Waals surface area contributed by atoms with Crippen LogP contribution in [0.4, 0.5) is 0 Å². The molecule has 0 aliphatic carbocycles. The van der Waals surface area contributed by atoms with Gasteiger partial charge in [0, 0.05) is 25.0 Å². The first kappa shape index (κ1) is 18.5. The van der Waals surface area contributed by atoms with Crippen molar-refractivity contribution < 1.29 is 14.3 Å².